The third kappa shape index (κ3) is 1.67. The van der Waals surface area contributed by atoms with Gasteiger partial charge in [-0.15, -0.1) is 12.4 Å². The van der Waals surface area contributed by atoms with E-state index in [1.54, 1.807) is 0 Å². The lowest BCUT2D eigenvalue weighted by molar-refractivity contribution is -0.299. The number of methoxy groups -OCH3 is 1. The molecule has 1 fully saturated rings. The molecule has 0 unspecified atom stereocenters. The second-order valence-electron chi connectivity index (χ2n) is 2.86. The predicted octanol–water partition coefficient (Wildman–Crippen LogP) is 1.48. The van der Waals surface area contributed by atoms with Crippen LogP contribution in [0.15, 0.2) is 0 Å². The number of nitrogens with two attached hydrogens (primary N) is 1. The van der Waals surface area contributed by atoms with E-state index in [0.29, 0.717) is 0 Å². The van der Waals surface area contributed by atoms with Crippen molar-refractivity contribution >= 4 is 12.4 Å². The standard InChI is InChI=1S/C6H10F3NO.ClH/c1-11-5(6(7,8)9)2-4(10)3-5;/h4H,2-3,10H2,1H3;1H. The van der Waals surface area contributed by atoms with Gasteiger partial charge in [0, 0.05) is 26.0 Å². The SMILES string of the molecule is COC1(C(F)(F)F)CC(N)C1.Cl. The van der Waals surface area contributed by atoms with E-state index in [-0.39, 0.29) is 31.3 Å². The molecule has 74 valence electrons. The monoisotopic (exact) mass is 205 g/mol. The lowest BCUT2D eigenvalue weighted by Crippen LogP contribution is -2.61. The average molecular weight is 206 g/mol. The van der Waals surface area contributed by atoms with Crippen molar-refractivity contribution in [2.75, 3.05) is 7.11 Å². The highest BCUT2D eigenvalue weighted by molar-refractivity contribution is 5.85. The molecule has 1 rings (SSSR count). The van der Waals surface area contributed by atoms with E-state index in [1.165, 1.54) is 0 Å². The van der Waals surface area contributed by atoms with Crippen LogP contribution >= 0.6 is 12.4 Å². The number of hydrogen-bond acceptors (Lipinski definition) is 2. The first-order valence-corrected chi connectivity index (χ1v) is 3.29. The van der Waals surface area contributed by atoms with E-state index >= 15 is 0 Å². The zero-order chi connectivity index (χ0) is 8.70. The van der Waals surface area contributed by atoms with Gasteiger partial charge in [0.25, 0.3) is 0 Å². The largest absolute Gasteiger partial charge is 0.417 e. The molecule has 0 spiro atoms. The van der Waals surface area contributed by atoms with Gasteiger partial charge in [-0.05, 0) is 0 Å². The average Bonchev–Trinajstić information content (AvgIpc) is 1.77. The summed E-state index contributed by atoms with van der Waals surface area (Å²) in [6.45, 7) is 0. The minimum Gasteiger partial charge on any atom is -0.369 e. The zero-order valence-corrected chi connectivity index (χ0v) is 7.34. The summed E-state index contributed by atoms with van der Waals surface area (Å²) in [6, 6.07) is -0.364. The highest BCUT2D eigenvalue weighted by Gasteiger charge is 2.62. The molecule has 6 heteroatoms. The molecule has 1 saturated carbocycles. The van der Waals surface area contributed by atoms with Crippen molar-refractivity contribution in [2.45, 2.75) is 30.7 Å². The van der Waals surface area contributed by atoms with E-state index in [9.17, 15) is 13.2 Å². The third-order valence-electron chi connectivity index (χ3n) is 2.09. The molecule has 0 radical (unpaired) electrons. The second-order valence-corrected chi connectivity index (χ2v) is 2.86. The molecule has 1 aliphatic carbocycles. The molecule has 0 bridgehead atoms. The summed E-state index contributed by atoms with van der Waals surface area (Å²) < 4.78 is 40.9. The number of alkyl halides is 3. The van der Waals surface area contributed by atoms with Gasteiger partial charge in [-0.1, -0.05) is 0 Å². The van der Waals surface area contributed by atoms with Crippen molar-refractivity contribution in [1.29, 1.82) is 0 Å². The maximum Gasteiger partial charge on any atom is 0.417 e. The molecule has 0 saturated heterocycles. The lowest BCUT2D eigenvalue weighted by atomic mass is 9.75. The number of halogens is 4. The summed E-state index contributed by atoms with van der Waals surface area (Å²) in [7, 11) is 1.07. The van der Waals surface area contributed by atoms with Gasteiger partial charge in [-0.2, -0.15) is 13.2 Å². The first-order chi connectivity index (χ1) is 4.91. The van der Waals surface area contributed by atoms with E-state index in [1.807, 2.05) is 0 Å². The normalized spacial score (nSPS) is 35.2. The highest BCUT2D eigenvalue weighted by atomic mass is 35.5. The Morgan fingerprint density at radius 1 is 1.42 bits per heavy atom. The minimum atomic E-state index is -4.28. The van der Waals surface area contributed by atoms with Gasteiger partial charge < -0.3 is 10.5 Å². The smallest absolute Gasteiger partial charge is 0.369 e. The van der Waals surface area contributed by atoms with Gasteiger partial charge in [0.1, 0.15) is 0 Å². The lowest BCUT2D eigenvalue weighted by Gasteiger charge is -2.45. The van der Waals surface area contributed by atoms with Crippen LogP contribution in [-0.2, 0) is 4.74 Å². The third-order valence-corrected chi connectivity index (χ3v) is 2.09. The molecule has 0 aromatic rings. The maximum atomic E-state index is 12.1. The van der Waals surface area contributed by atoms with Gasteiger partial charge in [0.15, 0.2) is 5.60 Å². The Balaban J connectivity index is 0.00000121. The first-order valence-electron chi connectivity index (χ1n) is 3.29. The molecule has 0 aromatic heterocycles. The quantitative estimate of drug-likeness (QED) is 0.704. The van der Waals surface area contributed by atoms with Crippen LogP contribution in [0.1, 0.15) is 12.8 Å². The van der Waals surface area contributed by atoms with Crippen molar-refractivity contribution in [3.63, 3.8) is 0 Å². The molecular weight excluding hydrogens is 195 g/mol. The van der Waals surface area contributed by atoms with E-state index in [2.05, 4.69) is 4.74 Å². The Kier molecular flexibility index (Phi) is 3.40. The molecule has 0 aromatic carbocycles. The van der Waals surface area contributed by atoms with Gasteiger partial charge in [-0.25, -0.2) is 0 Å². The molecular formula is C6H11ClF3NO. The topological polar surface area (TPSA) is 35.2 Å². The molecule has 1 aliphatic rings. The summed E-state index contributed by atoms with van der Waals surface area (Å²) in [5.41, 5.74) is 3.29. The van der Waals surface area contributed by atoms with Crippen LogP contribution in [0, 0.1) is 0 Å². The Morgan fingerprint density at radius 2 is 1.83 bits per heavy atom. The maximum absolute atomic E-state index is 12.1. The van der Waals surface area contributed by atoms with Gasteiger partial charge in [0.05, 0.1) is 0 Å². The van der Waals surface area contributed by atoms with Gasteiger partial charge in [0.2, 0.25) is 0 Å². The van der Waals surface area contributed by atoms with Crippen molar-refractivity contribution in [2.24, 2.45) is 5.73 Å². The fourth-order valence-corrected chi connectivity index (χ4v) is 1.30. The number of rotatable bonds is 1. The summed E-state index contributed by atoms with van der Waals surface area (Å²) in [4.78, 5) is 0. The van der Waals surface area contributed by atoms with Crippen molar-refractivity contribution in [3.05, 3.63) is 0 Å². The Hall–Kier alpha value is 0. The van der Waals surface area contributed by atoms with Crippen LogP contribution in [0.25, 0.3) is 0 Å². The van der Waals surface area contributed by atoms with Crippen LogP contribution in [0.2, 0.25) is 0 Å². The summed E-state index contributed by atoms with van der Waals surface area (Å²) >= 11 is 0. The number of hydrogen-bond donors (Lipinski definition) is 1. The highest BCUT2D eigenvalue weighted by Crippen LogP contribution is 2.46. The van der Waals surface area contributed by atoms with E-state index < -0.39 is 11.8 Å². The molecule has 2 nitrogen and oxygen atoms in total. The molecule has 12 heavy (non-hydrogen) atoms. The number of ether oxygens (including phenoxy) is 1. The first kappa shape index (κ1) is 12.0. The fraction of sp³-hybridized carbons (Fsp3) is 1.00. The molecule has 0 heterocycles. The van der Waals surface area contributed by atoms with E-state index in [0.717, 1.165) is 7.11 Å². The summed E-state index contributed by atoms with van der Waals surface area (Å²) in [5, 5.41) is 0. The zero-order valence-electron chi connectivity index (χ0n) is 6.52. The Bertz CT molecular complexity index is 155. The fourth-order valence-electron chi connectivity index (χ4n) is 1.30. The predicted molar refractivity (Wildman–Crippen MR) is 40.3 cm³/mol. The van der Waals surface area contributed by atoms with Gasteiger partial charge in [-0.3, -0.25) is 0 Å². The van der Waals surface area contributed by atoms with Crippen molar-refractivity contribution in [3.8, 4) is 0 Å². The van der Waals surface area contributed by atoms with Crippen molar-refractivity contribution < 1.29 is 17.9 Å². The summed E-state index contributed by atoms with van der Waals surface area (Å²) in [5.74, 6) is 0. The Morgan fingerprint density at radius 3 is 1.92 bits per heavy atom. The molecule has 0 aliphatic heterocycles. The molecule has 0 atom stereocenters. The van der Waals surface area contributed by atoms with Crippen LogP contribution in [0.4, 0.5) is 13.2 Å². The van der Waals surface area contributed by atoms with Crippen molar-refractivity contribution in [1.82, 2.24) is 0 Å². The molecule has 0 amide bonds. The van der Waals surface area contributed by atoms with Gasteiger partial charge >= 0.3 is 6.18 Å². The molecule has 2 N–H and O–H groups in total. The van der Waals surface area contributed by atoms with E-state index in [4.69, 9.17) is 5.73 Å². The van der Waals surface area contributed by atoms with Crippen LogP contribution in [0.3, 0.4) is 0 Å². The van der Waals surface area contributed by atoms with Crippen LogP contribution < -0.4 is 5.73 Å². The summed E-state index contributed by atoms with van der Waals surface area (Å²) in [6.07, 6.45) is -4.52. The van der Waals surface area contributed by atoms with Crippen LogP contribution in [0.5, 0.6) is 0 Å². The minimum absolute atomic E-state index is 0. The van der Waals surface area contributed by atoms with Crippen LogP contribution in [-0.4, -0.2) is 24.9 Å². The second kappa shape index (κ2) is 3.40. The Labute approximate surface area is 74.7 Å².